The second-order valence-electron chi connectivity index (χ2n) is 6.58. The molecule has 0 bridgehead atoms. The minimum atomic E-state index is -3.67. The molecule has 1 unspecified atom stereocenters. The van der Waals surface area contributed by atoms with Gasteiger partial charge in [-0.05, 0) is 18.8 Å². The van der Waals surface area contributed by atoms with E-state index in [9.17, 15) is 13.2 Å². The zero-order valence-electron chi connectivity index (χ0n) is 14.3. The van der Waals surface area contributed by atoms with E-state index >= 15 is 0 Å². The van der Waals surface area contributed by atoms with Crippen molar-refractivity contribution in [3.63, 3.8) is 0 Å². The summed E-state index contributed by atoms with van der Waals surface area (Å²) in [6, 6.07) is 0. The van der Waals surface area contributed by atoms with E-state index in [1.54, 1.807) is 17.1 Å². The Labute approximate surface area is 143 Å². The van der Waals surface area contributed by atoms with Gasteiger partial charge in [0.05, 0.1) is 12.2 Å². The third kappa shape index (κ3) is 4.55. The third-order valence-electron chi connectivity index (χ3n) is 3.99. The lowest BCUT2D eigenvalue weighted by molar-refractivity contribution is -0.126. The number of nitrogens with two attached hydrogens (primary N) is 1. The van der Waals surface area contributed by atoms with E-state index in [1.165, 1.54) is 4.31 Å². The summed E-state index contributed by atoms with van der Waals surface area (Å²) in [5.41, 5.74) is 5.38. The Morgan fingerprint density at radius 1 is 1.50 bits per heavy atom. The molecule has 1 aromatic rings. The van der Waals surface area contributed by atoms with Gasteiger partial charge < -0.3 is 15.6 Å². The Morgan fingerprint density at radius 3 is 2.92 bits per heavy atom. The van der Waals surface area contributed by atoms with Gasteiger partial charge in [0, 0.05) is 38.9 Å². The van der Waals surface area contributed by atoms with Gasteiger partial charge in [-0.1, -0.05) is 13.8 Å². The highest BCUT2D eigenvalue weighted by atomic mass is 32.2. The Balaban J connectivity index is 2.08. The number of hydrogen-bond donors (Lipinski definition) is 2. The van der Waals surface area contributed by atoms with Crippen LogP contribution < -0.4 is 11.1 Å². The SMILES string of the molecule is CC(C)Cn1cnc(S(=O)(=O)N2CCCC(C(=O)NCCN)C2)c1. The molecule has 1 saturated heterocycles. The van der Waals surface area contributed by atoms with E-state index in [-0.39, 0.29) is 23.4 Å². The molecule has 136 valence electrons. The van der Waals surface area contributed by atoms with Crippen molar-refractivity contribution in [2.75, 3.05) is 26.2 Å². The summed E-state index contributed by atoms with van der Waals surface area (Å²) in [5, 5.41) is 2.78. The van der Waals surface area contributed by atoms with Crippen molar-refractivity contribution in [2.45, 2.75) is 38.3 Å². The van der Waals surface area contributed by atoms with Crippen LogP contribution in [0.3, 0.4) is 0 Å². The molecular weight excluding hydrogens is 330 g/mol. The van der Waals surface area contributed by atoms with E-state index in [0.717, 1.165) is 0 Å². The molecule has 9 heteroatoms. The maximum absolute atomic E-state index is 12.8. The van der Waals surface area contributed by atoms with Gasteiger partial charge in [-0.25, -0.2) is 13.4 Å². The lowest BCUT2D eigenvalue weighted by atomic mass is 9.99. The van der Waals surface area contributed by atoms with Crippen LogP contribution in [0.25, 0.3) is 0 Å². The van der Waals surface area contributed by atoms with Gasteiger partial charge >= 0.3 is 0 Å². The molecule has 0 aromatic carbocycles. The van der Waals surface area contributed by atoms with Gasteiger partial charge in [0.25, 0.3) is 10.0 Å². The van der Waals surface area contributed by atoms with Crippen molar-refractivity contribution < 1.29 is 13.2 Å². The molecule has 0 aliphatic carbocycles. The molecule has 1 aromatic heterocycles. The van der Waals surface area contributed by atoms with Gasteiger partial charge in [-0.15, -0.1) is 0 Å². The summed E-state index contributed by atoms with van der Waals surface area (Å²) in [5.74, 6) is -0.0659. The van der Waals surface area contributed by atoms with Crippen molar-refractivity contribution >= 4 is 15.9 Å². The lowest BCUT2D eigenvalue weighted by Gasteiger charge is -2.30. The summed E-state index contributed by atoms with van der Waals surface area (Å²) in [4.78, 5) is 16.1. The van der Waals surface area contributed by atoms with Crippen molar-refractivity contribution in [2.24, 2.45) is 17.6 Å². The predicted molar refractivity (Wildman–Crippen MR) is 90.6 cm³/mol. The van der Waals surface area contributed by atoms with E-state index in [0.29, 0.717) is 44.9 Å². The van der Waals surface area contributed by atoms with Gasteiger partial charge in [0.1, 0.15) is 0 Å². The smallest absolute Gasteiger partial charge is 0.262 e. The number of rotatable bonds is 7. The molecule has 0 radical (unpaired) electrons. The molecule has 3 N–H and O–H groups in total. The van der Waals surface area contributed by atoms with Gasteiger partial charge in [0.15, 0.2) is 5.03 Å². The average Bonchev–Trinajstić information content (AvgIpc) is 3.01. The fourth-order valence-corrected chi connectivity index (χ4v) is 4.30. The molecule has 1 atom stereocenters. The second kappa shape index (κ2) is 8.09. The molecule has 1 aliphatic heterocycles. The molecule has 0 spiro atoms. The number of nitrogens with one attached hydrogen (secondary N) is 1. The summed E-state index contributed by atoms with van der Waals surface area (Å²) in [6.07, 6.45) is 4.45. The Morgan fingerprint density at radius 2 is 2.25 bits per heavy atom. The van der Waals surface area contributed by atoms with Crippen LogP contribution in [-0.4, -0.2) is 54.4 Å². The number of piperidine rings is 1. The second-order valence-corrected chi connectivity index (χ2v) is 8.47. The number of carbonyl (C=O) groups excluding carboxylic acids is 1. The maximum atomic E-state index is 12.8. The zero-order chi connectivity index (χ0) is 17.7. The summed E-state index contributed by atoms with van der Waals surface area (Å²) in [7, 11) is -3.67. The van der Waals surface area contributed by atoms with Crippen LogP contribution >= 0.6 is 0 Å². The maximum Gasteiger partial charge on any atom is 0.262 e. The van der Waals surface area contributed by atoms with Crippen LogP contribution in [0.15, 0.2) is 17.6 Å². The quantitative estimate of drug-likeness (QED) is 0.714. The molecule has 8 nitrogen and oxygen atoms in total. The first kappa shape index (κ1) is 18.9. The van der Waals surface area contributed by atoms with Crippen LogP contribution in [-0.2, 0) is 21.4 Å². The zero-order valence-corrected chi connectivity index (χ0v) is 15.1. The standard InChI is InChI=1S/C15H27N5O3S/c1-12(2)8-19-10-14(18-11-19)24(22,23)20-7-3-4-13(9-20)15(21)17-6-5-16/h10-13H,3-9,16H2,1-2H3,(H,17,21). The van der Waals surface area contributed by atoms with Crippen molar-refractivity contribution in [1.82, 2.24) is 19.2 Å². The van der Waals surface area contributed by atoms with Crippen molar-refractivity contribution in [1.29, 1.82) is 0 Å². The van der Waals surface area contributed by atoms with Gasteiger partial charge in [-0.2, -0.15) is 4.31 Å². The predicted octanol–water partition coefficient (Wildman–Crippen LogP) is 0.0147. The Bertz CT molecular complexity index is 656. The Kier molecular flexibility index (Phi) is 6.36. The largest absolute Gasteiger partial charge is 0.355 e. The first-order valence-corrected chi connectivity index (χ1v) is 9.78. The minimum Gasteiger partial charge on any atom is -0.355 e. The van der Waals surface area contributed by atoms with E-state index in [2.05, 4.69) is 24.1 Å². The van der Waals surface area contributed by atoms with Crippen LogP contribution in [0.4, 0.5) is 0 Å². The fourth-order valence-electron chi connectivity index (χ4n) is 2.84. The van der Waals surface area contributed by atoms with Crippen LogP contribution in [0.1, 0.15) is 26.7 Å². The lowest BCUT2D eigenvalue weighted by Crippen LogP contribution is -2.46. The molecule has 1 fully saturated rings. The molecule has 2 rings (SSSR count). The number of sulfonamides is 1. The molecule has 1 aliphatic rings. The number of amides is 1. The number of carbonyl (C=O) groups is 1. The van der Waals surface area contributed by atoms with E-state index in [1.807, 2.05) is 0 Å². The van der Waals surface area contributed by atoms with Crippen molar-refractivity contribution in [3.8, 4) is 0 Å². The van der Waals surface area contributed by atoms with Crippen molar-refractivity contribution in [3.05, 3.63) is 12.5 Å². The minimum absolute atomic E-state index is 0.0474. The number of nitrogens with zero attached hydrogens (tertiary/aromatic N) is 3. The van der Waals surface area contributed by atoms with Crippen LogP contribution in [0.5, 0.6) is 0 Å². The van der Waals surface area contributed by atoms with Gasteiger partial charge in [0.2, 0.25) is 5.91 Å². The summed E-state index contributed by atoms with van der Waals surface area (Å²) < 4.78 is 28.7. The Hall–Kier alpha value is -1.45. The molecule has 1 amide bonds. The monoisotopic (exact) mass is 357 g/mol. The molecule has 24 heavy (non-hydrogen) atoms. The summed E-state index contributed by atoms with van der Waals surface area (Å²) in [6.45, 7) is 6.21. The first-order chi connectivity index (χ1) is 11.3. The van der Waals surface area contributed by atoms with Crippen LogP contribution in [0.2, 0.25) is 0 Å². The average molecular weight is 357 g/mol. The highest BCUT2D eigenvalue weighted by Crippen LogP contribution is 2.23. The highest BCUT2D eigenvalue weighted by molar-refractivity contribution is 7.89. The number of aromatic nitrogens is 2. The van der Waals surface area contributed by atoms with E-state index < -0.39 is 10.0 Å². The highest BCUT2D eigenvalue weighted by Gasteiger charge is 2.34. The third-order valence-corrected chi connectivity index (χ3v) is 5.74. The molecular formula is C15H27N5O3S. The van der Waals surface area contributed by atoms with E-state index in [4.69, 9.17) is 5.73 Å². The van der Waals surface area contributed by atoms with Crippen LogP contribution in [0, 0.1) is 11.8 Å². The topological polar surface area (TPSA) is 110 Å². The first-order valence-electron chi connectivity index (χ1n) is 8.34. The van der Waals surface area contributed by atoms with Gasteiger partial charge in [-0.3, -0.25) is 4.79 Å². The number of hydrogen-bond acceptors (Lipinski definition) is 5. The molecule has 2 heterocycles. The number of imidazole rings is 1. The molecule has 0 saturated carbocycles. The fraction of sp³-hybridized carbons (Fsp3) is 0.733. The summed E-state index contributed by atoms with van der Waals surface area (Å²) >= 11 is 0. The normalized spacial score (nSPS) is 19.6.